The average Bonchev–Trinajstić information content (AvgIpc) is 3.16. The fraction of sp³-hybridized carbons (Fsp3) is 0.412. The number of nitro groups is 1. The van der Waals surface area contributed by atoms with Crippen molar-refractivity contribution in [2.45, 2.75) is 32.4 Å². The van der Waals surface area contributed by atoms with E-state index in [1.807, 2.05) is 19.1 Å². The minimum Gasteiger partial charge on any atom is -0.461 e. The second kappa shape index (κ2) is 6.83. The Morgan fingerprint density at radius 3 is 2.92 bits per heavy atom. The van der Waals surface area contributed by atoms with E-state index in [0.29, 0.717) is 11.6 Å². The molecule has 6 nitrogen and oxygen atoms in total. The van der Waals surface area contributed by atoms with E-state index in [1.165, 1.54) is 6.07 Å². The van der Waals surface area contributed by atoms with Gasteiger partial charge in [0, 0.05) is 25.8 Å². The summed E-state index contributed by atoms with van der Waals surface area (Å²) >= 11 is 6.37. The number of halogens is 1. The lowest BCUT2D eigenvalue weighted by atomic mass is 10.1. The number of aryl methyl sites for hydroxylation is 1. The largest absolute Gasteiger partial charge is 0.461 e. The molecule has 24 heavy (non-hydrogen) atoms. The molecule has 1 saturated heterocycles. The van der Waals surface area contributed by atoms with E-state index < -0.39 is 4.92 Å². The quantitative estimate of drug-likeness (QED) is 0.580. The predicted octanol–water partition coefficient (Wildman–Crippen LogP) is 4.64. The van der Waals surface area contributed by atoms with Gasteiger partial charge in [-0.2, -0.15) is 0 Å². The number of methoxy groups -OCH3 is 1. The summed E-state index contributed by atoms with van der Waals surface area (Å²) in [5, 5.41) is 11.4. The zero-order valence-electron chi connectivity index (χ0n) is 13.6. The highest BCUT2D eigenvalue weighted by molar-refractivity contribution is 6.33. The van der Waals surface area contributed by atoms with E-state index in [2.05, 4.69) is 4.90 Å². The highest BCUT2D eigenvalue weighted by Gasteiger charge is 2.31. The van der Waals surface area contributed by atoms with Crippen LogP contribution in [-0.2, 0) is 11.3 Å². The van der Waals surface area contributed by atoms with Gasteiger partial charge >= 0.3 is 0 Å². The molecule has 1 fully saturated rings. The number of benzene rings is 1. The number of non-ortho nitro benzene ring substituents is 1. The van der Waals surface area contributed by atoms with Crippen molar-refractivity contribution < 1.29 is 14.1 Å². The number of hydrogen-bond acceptors (Lipinski definition) is 5. The Kier molecular flexibility index (Phi) is 4.78. The molecular formula is C17H19ClN2O4. The zero-order valence-corrected chi connectivity index (χ0v) is 14.4. The Balaban J connectivity index is 1.94. The SMILES string of the molecule is COCc1ccc(C2CCCN2c2c(C)cc([N+](=O)[O-])cc2Cl)o1. The van der Waals surface area contributed by atoms with Gasteiger partial charge < -0.3 is 14.1 Å². The molecule has 1 aliphatic heterocycles. The zero-order chi connectivity index (χ0) is 17.3. The van der Waals surface area contributed by atoms with Crippen LogP contribution in [0.4, 0.5) is 11.4 Å². The number of rotatable bonds is 5. The summed E-state index contributed by atoms with van der Waals surface area (Å²) in [6, 6.07) is 6.94. The summed E-state index contributed by atoms with van der Waals surface area (Å²) < 4.78 is 11.0. The van der Waals surface area contributed by atoms with Crippen LogP contribution in [0.2, 0.25) is 5.02 Å². The van der Waals surface area contributed by atoms with Crippen molar-refractivity contribution in [1.29, 1.82) is 0 Å². The van der Waals surface area contributed by atoms with Crippen molar-refractivity contribution in [3.63, 3.8) is 0 Å². The maximum absolute atomic E-state index is 11.0. The minimum atomic E-state index is -0.423. The van der Waals surface area contributed by atoms with Crippen molar-refractivity contribution in [3.8, 4) is 0 Å². The molecule has 0 radical (unpaired) electrons. The Bertz CT molecular complexity index is 736. The van der Waals surface area contributed by atoms with Gasteiger partial charge in [0.1, 0.15) is 18.1 Å². The number of hydrogen-bond donors (Lipinski definition) is 0. The van der Waals surface area contributed by atoms with E-state index in [-0.39, 0.29) is 11.7 Å². The molecule has 2 aromatic rings. The molecular weight excluding hydrogens is 332 g/mol. The van der Waals surface area contributed by atoms with Crippen molar-refractivity contribution in [2.24, 2.45) is 0 Å². The van der Waals surface area contributed by atoms with Gasteiger partial charge in [0.2, 0.25) is 0 Å². The Labute approximate surface area is 145 Å². The van der Waals surface area contributed by atoms with Crippen LogP contribution in [0.3, 0.4) is 0 Å². The number of nitro benzene ring substituents is 1. The summed E-state index contributed by atoms with van der Waals surface area (Å²) in [6.07, 6.45) is 1.96. The van der Waals surface area contributed by atoms with Crippen LogP contribution in [0.25, 0.3) is 0 Å². The van der Waals surface area contributed by atoms with Gasteiger partial charge in [-0.1, -0.05) is 11.6 Å². The molecule has 0 aliphatic carbocycles. The van der Waals surface area contributed by atoms with Crippen LogP contribution < -0.4 is 4.90 Å². The first-order valence-electron chi connectivity index (χ1n) is 7.80. The fourth-order valence-corrected chi connectivity index (χ4v) is 3.68. The maximum atomic E-state index is 11.0. The molecule has 0 N–H and O–H groups in total. The molecule has 1 aromatic heterocycles. The maximum Gasteiger partial charge on any atom is 0.271 e. The monoisotopic (exact) mass is 350 g/mol. The van der Waals surface area contributed by atoms with Gasteiger partial charge in [-0.3, -0.25) is 10.1 Å². The first-order chi connectivity index (χ1) is 11.5. The van der Waals surface area contributed by atoms with Crippen LogP contribution in [0, 0.1) is 17.0 Å². The molecule has 128 valence electrons. The lowest BCUT2D eigenvalue weighted by Crippen LogP contribution is -2.23. The van der Waals surface area contributed by atoms with Gasteiger partial charge in [0.15, 0.2) is 0 Å². The first-order valence-corrected chi connectivity index (χ1v) is 8.17. The molecule has 1 unspecified atom stereocenters. The summed E-state index contributed by atoms with van der Waals surface area (Å²) in [7, 11) is 1.63. The van der Waals surface area contributed by atoms with Gasteiger partial charge in [0.05, 0.1) is 21.7 Å². The van der Waals surface area contributed by atoms with Crippen LogP contribution in [0.15, 0.2) is 28.7 Å². The number of anilines is 1. The second-order valence-corrected chi connectivity index (χ2v) is 6.35. The van der Waals surface area contributed by atoms with Crippen molar-refractivity contribution in [2.75, 3.05) is 18.6 Å². The van der Waals surface area contributed by atoms with Crippen molar-refractivity contribution in [1.82, 2.24) is 0 Å². The van der Waals surface area contributed by atoms with Gasteiger partial charge in [0.25, 0.3) is 5.69 Å². The highest BCUT2D eigenvalue weighted by atomic mass is 35.5. The van der Waals surface area contributed by atoms with Crippen LogP contribution in [-0.4, -0.2) is 18.6 Å². The molecule has 3 rings (SSSR count). The molecule has 1 atom stereocenters. The van der Waals surface area contributed by atoms with E-state index >= 15 is 0 Å². The van der Waals surface area contributed by atoms with Crippen molar-refractivity contribution >= 4 is 23.0 Å². The van der Waals surface area contributed by atoms with Gasteiger partial charge in [-0.15, -0.1) is 0 Å². The summed E-state index contributed by atoms with van der Waals surface area (Å²) in [5.41, 5.74) is 1.65. The lowest BCUT2D eigenvalue weighted by Gasteiger charge is -2.28. The number of nitrogens with zero attached hydrogens (tertiary/aromatic N) is 2. The fourth-order valence-electron chi connectivity index (χ4n) is 3.31. The molecule has 2 heterocycles. The normalized spacial score (nSPS) is 17.5. The molecule has 1 aliphatic rings. The average molecular weight is 351 g/mol. The minimum absolute atomic E-state index is 0.0115. The molecule has 0 amide bonds. The molecule has 0 saturated carbocycles. The molecule has 0 bridgehead atoms. The number of furan rings is 1. The molecule has 7 heteroatoms. The Morgan fingerprint density at radius 2 is 2.25 bits per heavy atom. The Hall–Kier alpha value is -2.05. The van der Waals surface area contributed by atoms with Crippen LogP contribution in [0.1, 0.15) is 36.0 Å². The van der Waals surface area contributed by atoms with E-state index in [0.717, 1.165) is 42.2 Å². The van der Waals surface area contributed by atoms with Gasteiger partial charge in [-0.25, -0.2) is 0 Å². The summed E-state index contributed by atoms with van der Waals surface area (Å²) in [4.78, 5) is 12.7. The first kappa shape index (κ1) is 16.8. The Morgan fingerprint density at radius 1 is 1.46 bits per heavy atom. The molecule has 0 spiro atoms. The third-order valence-corrected chi connectivity index (χ3v) is 4.58. The highest BCUT2D eigenvalue weighted by Crippen LogP contribution is 2.42. The predicted molar refractivity (Wildman–Crippen MR) is 91.6 cm³/mol. The van der Waals surface area contributed by atoms with Gasteiger partial charge in [-0.05, 0) is 37.5 Å². The lowest BCUT2D eigenvalue weighted by molar-refractivity contribution is -0.384. The standard InChI is InChI=1S/C17H19ClN2O4/c1-11-8-12(20(21)22)9-14(18)17(11)19-7-3-4-15(19)16-6-5-13(24-16)10-23-2/h5-6,8-9,15H,3-4,7,10H2,1-2H3. The van der Waals surface area contributed by atoms with Crippen LogP contribution >= 0.6 is 11.6 Å². The van der Waals surface area contributed by atoms with E-state index in [1.54, 1.807) is 13.2 Å². The second-order valence-electron chi connectivity index (χ2n) is 5.94. The third kappa shape index (κ3) is 3.12. The third-order valence-electron chi connectivity index (χ3n) is 4.29. The topological polar surface area (TPSA) is 68.8 Å². The smallest absolute Gasteiger partial charge is 0.271 e. The summed E-state index contributed by atoms with van der Waals surface area (Å²) in [6.45, 7) is 3.12. The van der Waals surface area contributed by atoms with Crippen LogP contribution in [0.5, 0.6) is 0 Å². The van der Waals surface area contributed by atoms with E-state index in [4.69, 9.17) is 20.8 Å². The number of ether oxygens (including phenoxy) is 1. The van der Waals surface area contributed by atoms with Crippen molar-refractivity contribution in [3.05, 3.63) is 56.5 Å². The molecule has 1 aromatic carbocycles. The summed E-state index contributed by atoms with van der Waals surface area (Å²) in [5.74, 6) is 1.65. The van der Waals surface area contributed by atoms with E-state index in [9.17, 15) is 10.1 Å².